The van der Waals surface area contributed by atoms with Crippen molar-refractivity contribution in [3.05, 3.63) is 24.4 Å². The van der Waals surface area contributed by atoms with Gasteiger partial charge >= 0.3 is 0 Å². The van der Waals surface area contributed by atoms with E-state index in [9.17, 15) is 0 Å². The van der Waals surface area contributed by atoms with E-state index in [2.05, 4.69) is 46.1 Å². The van der Waals surface area contributed by atoms with Crippen LogP contribution >= 0.6 is 0 Å². The smallest absolute Gasteiger partial charge is 0.128 e. The third-order valence-electron chi connectivity index (χ3n) is 3.95. The maximum absolute atomic E-state index is 4.44. The molecule has 0 bridgehead atoms. The molecule has 1 unspecified atom stereocenters. The first-order chi connectivity index (χ1) is 9.83. The average molecular weight is 276 g/mol. The summed E-state index contributed by atoms with van der Waals surface area (Å²) in [5.74, 6) is 1.11. The maximum Gasteiger partial charge on any atom is 0.128 e. The number of pyridine rings is 1. The van der Waals surface area contributed by atoms with Crippen molar-refractivity contribution in [1.82, 2.24) is 15.2 Å². The normalized spacial score (nSPS) is 18.2. The fourth-order valence-corrected chi connectivity index (χ4v) is 2.91. The maximum atomic E-state index is 4.44. The molecule has 1 aliphatic rings. The van der Waals surface area contributed by atoms with Crippen molar-refractivity contribution in [3.8, 4) is 0 Å². The van der Waals surface area contributed by atoms with E-state index in [-0.39, 0.29) is 0 Å². The number of nitrogens with zero attached hydrogens (tertiary/aromatic N) is 3. The zero-order valence-corrected chi connectivity index (χ0v) is 12.9. The third-order valence-corrected chi connectivity index (χ3v) is 3.95. The number of rotatable bonds is 7. The number of anilines is 1. The number of hydrogen-bond donors (Lipinski definition) is 1. The lowest BCUT2D eigenvalue weighted by atomic mass is 10.1. The van der Waals surface area contributed by atoms with Gasteiger partial charge in [-0.25, -0.2) is 4.98 Å². The predicted octanol–water partition coefficient (Wildman–Crippen LogP) is 1.98. The number of likely N-dealkylation sites (N-methyl/N-ethyl adjacent to an activating group) is 1. The first-order valence-electron chi connectivity index (χ1n) is 7.95. The van der Waals surface area contributed by atoms with Crippen LogP contribution in [-0.2, 0) is 0 Å². The Balaban J connectivity index is 1.79. The van der Waals surface area contributed by atoms with Gasteiger partial charge < -0.3 is 10.2 Å². The summed E-state index contributed by atoms with van der Waals surface area (Å²) < 4.78 is 0. The lowest BCUT2D eigenvalue weighted by Gasteiger charge is -2.37. The molecule has 0 spiro atoms. The summed E-state index contributed by atoms with van der Waals surface area (Å²) >= 11 is 0. The lowest BCUT2D eigenvalue weighted by molar-refractivity contribution is 0.224. The van der Waals surface area contributed by atoms with Gasteiger partial charge in [0.2, 0.25) is 0 Å². The summed E-state index contributed by atoms with van der Waals surface area (Å²) in [6.45, 7) is 11.2. The Kier molecular flexibility index (Phi) is 6.27. The second-order valence-corrected chi connectivity index (χ2v) is 5.52. The Labute approximate surface area is 123 Å². The van der Waals surface area contributed by atoms with E-state index >= 15 is 0 Å². The topological polar surface area (TPSA) is 31.4 Å². The standard InChI is InChI=1S/C16H28N4/c1-3-7-15(17-4-2)14-19-10-12-20(13-11-19)16-8-5-6-9-18-16/h5-6,8-9,15,17H,3-4,7,10-14H2,1-2H3. The van der Waals surface area contributed by atoms with Crippen molar-refractivity contribution in [2.45, 2.75) is 32.7 Å². The van der Waals surface area contributed by atoms with Gasteiger partial charge in [0.25, 0.3) is 0 Å². The van der Waals surface area contributed by atoms with Crippen LogP contribution < -0.4 is 10.2 Å². The van der Waals surface area contributed by atoms with Gasteiger partial charge in [0.05, 0.1) is 0 Å². The van der Waals surface area contributed by atoms with Crippen LogP contribution in [0.5, 0.6) is 0 Å². The van der Waals surface area contributed by atoms with Gasteiger partial charge in [0, 0.05) is 45.0 Å². The first kappa shape index (κ1) is 15.3. The Hall–Kier alpha value is -1.13. The summed E-state index contributed by atoms with van der Waals surface area (Å²) in [5.41, 5.74) is 0. The average Bonchev–Trinajstić information content (AvgIpc) is 2.49. The molecule has 1 aromatic heterocycles. The van der Waals surface area contributed by atoms with E-state index in [1.54, 1.807) is 0 Å². The highest BCUT2D eigenvalue weighted by atomic mass is 15.3. The van der Waals surface area contributed by atoms with Crippen LogP contribution in [0.15, 0.2) is 24.4 Å². The van der Waals surface area contributed by atoms with Gasteiger partial charge in [-0.3, -0.25) is 4.90 Å². The largest absolute Gasteiger partial charge is 0.354 e. The molecular weight excluding hydrogens is 248 g/mol. The minimum Gasteiger partial charge on any atom is -0.354 e. The van der Waals surface area contributed by atoms with Crippen LogP contribution in [-0.4, -0.2) is 55.2 Å². The van der Waals surface area contributed by atoms with Crippen LogP contribution in [0.25, 0.3) is 0 Å². The van der Waals surface area contributed by atoms with Crippen molar-refractivity contribution in [2.75, 3.05) is 44.2 Å². The molecule has 4 nitrogen and oxygen atoms in total. The molecule has 1 saturated heterocycles. The number of hydrogen-bond acceptors (Lipinski definition) is 4. The van der Waals surface area contributed by atoms with Crippen molar-refractivity contribution >= 4 is 5.82 Å². The molecular formula is C16H28N4. The Morgan fingerprint density at radius 1 is 1.20 bits per heavy atom. The molecule has 1 fully saturated rings. The molecule has 20 heavy (non-hydrogen) atoms. The molecule has 2 heterocycles. The minimum atomic E-state index is 0.645. The molecule has 112 valence electrons. The fraction of sp³-hybridized carbons (Fsp3) is 0.688. The van der Waals surface area contributed by atoms with Gasteiger partial charge in [-0.15, -0.1) is 0 Å². The molecule has 1 aromatic rings. The van der Waals surface area contributed by atoms with Gasteiger partial charge in [-0.2, -0.15) is 0 Å². The SMILES string of the molecule is CCCC(CN1CCN(c2ccccn2)CC1)NCC. The molecule has 2 rings (SSSR count). The summed E-state index contributed by atoms with van der Waals surface area (Å²) in [6, 6.07) is 6.79. The predicted molar refractivity (Wildman–Crippen MR) is 85.3 cm³/mol. The summed E-state index contributed by atoms with van der Waals surface area (Å²) in [4.78, 5) is 9.42. The molecule has 1 N–H and O–H groups in total. The Bertz CT molecular complexity index is 354. The van der Waals surface area contributed by atoms with E-state index in [1.807, 2.05) is 12.3 Å². The Morgan fingerprint density at radius 2 is 2.00 bits per heavy atom. The van der Waals surface area contributed by atoms with E-state index in [0.29, 0.717) is 6.04 Å². The Morgan fingerprint density at radius 3 is 2.60 bits per heavy atom. The third kappa shape index (κ3) is 4.46. The van der Waals surface area contributed by atoms with Crippen LogP contribution in [0.3, 0.4) is 0 Å². The van der Waals surface area contributed by atoms with Gasteiger partial charge in [-0.05, 0) is 25.1 Å². The summed E-state index contributed by atoms with van der Waals surface area (Å²) in [5, 5.41) is 3.61. The number of piperazine rings is 1. The van der Waals surface area contributed by atoms with Crippen LogP contribution in [0, 0.1) is 0 Å². The summed E-state index contributed by atoms with van der Waals surface area (Å²) in [6.07, 6.45) is 4.41. The van der Waals surface area contributed by atoms with E-state index in [0.717, 1.165) is 38.5 Å². The van der Waals surface area contributed by atoms with Crippen LogP contribution in [0.4, 0.5) is 5.82 Å². The fourth-order valence-electron chi connectivity index (χ4n) is 2.91. The highest BCUT2D eigenvalue weighted by Crippen LogP contribution is 2.13. The van der Waals surface area contributed by atoms with Crippen molar-refractivity contribution in [3.63, 3.8) is 0 Å². The molecule has 0 aliphatic carbocycles. The van der Waals surface area contributed by atoms with Crippen molar-refractivity contribution < 1.29 is 0 Å². The molecule has 0 amide bonds. The van der Waals surface area contributed by atoms with E-state index < -0.39 is 0 Å². The number of aromatic nitrogens is 1. The molecule has 1 aliphatic heterocycles. The van der Waals surface area contributed by atoms with Gasteiger partial charge in [0.1, 0.15) is 5.82 Å². The second-order valence-electron chi connectivity index (χ2n) is 5.52. The monoisotopic (exact) mass is 276 g/mol. The highest BCUT2D eigenvalue weighted by Gasteiger charge is 2.20. The van der Waals surface area contributed by atoms with Crippen LogP contribution in [0.1, 0.15) is 26.7 Å². The highest BCUT2D eigenvalue weighted by molar-refractivity contribution is 5.38. The first-order valence-corrected chi connectivity index (χ1v) is 7.95. The molecule has 0 saturated carbocycles. The van der Waals surface area contributed by atoms with E-state index in [4.69, 9.17) is 0 Å². The van der Waals surface area contributed by atoms with E-state index in [1.165, 1.54) is 19.4 Å². The minimum absolute atomic E-state index is 0.645. The molecule has 4 heteroatoms. The summed E-state index contributed by atoms with van der Waals surface area (Å²) in [7, 11) is 0. The van der Waals surface area contributed by atoms with Crippen molar-refractivity contribution in [1.29, 1.82) is 0 Å². The second kappa shape index (κ2) is 8.22. The van der Waals surface area contributed by atoms with Crippen LogP contribution in [0.2, 0.25) is 0 Å². The molecule has 1 atom stereocenters. The van der Waals surface area contributed by atoms with Crippen molar-refractivity contribution in [2.24, 2.45) is 0 Å². The molecule has 0 radical (unpaired) electrons. The quantitative estimate of drug-likeness (QED) is 0.825. The zero-order valence-electron chi connectivity index (χ0n) is 12.9. The van der Waals surface area contributed by atoms with Gasteiger partial charge in [0.15, 0.2) is 0 Å². The molecule has 0 aromatic carbocycles. The van der Waals surface area contributed by atoms with Gasteiger partial charge in [-0.1, -0.05) is 26.3 Å². The lowest BCUT2D eigenvalue weighted by Crippen LogP contribution is -2.51. The zero-order chi connectivity index (χ0) is 14.2. The number of nitrogens with one attached hydrogen (secondary N) is 1.